The summed E-state index contributed by atoms with van der Waals surface area (Å²) >= 11 is 0. The maximum absolute atomic E-state index is 11.9. The van der Waals surface area contributed by atoms with Crippen LogP contribution < -0.4 is 5.32 Å². The van der Waals surface area contributed by atoms with Gasteiger partial charge in [-0.25, -0.2) is 0 Å². The van der Waals surface area contributed by atoms with Gasteiger partial charge in [-0.3, -0.25) is 9.69 Å². The zero-order valence-electron chi connectivity index (χ0n) is 14.1. The number of amides is 1. The van der Waals surface area contributed by atoms with E-state index in [1.165, 1.54) is 0 Å². The molecule has 25 heavy (non-hydrogen) atoms. The first-order valence-corrected chi connectivity index (χ1v) is 8.14. The highest BCUT2D eigenvalue weighted by atomic mass is 19.4. The lowest BCUT2D eigenvalue weighted by Gasteiger charge is -2.34. The van der Waals surface area contributed by atoms with Crippen LogP contribution in [0, 0.1) is 6.92 Å². The Morgan fingerprint density at radius 3 is 2.60 bits per heavy atom. The Kier molecular flexibility index (Phi) is 7.21. The summed E-state index contributed by atoms with van der Waals surface area (Å²) in [4.78, 5) is 16.1. The van der Waals surface area contributed by atoms with Crippen LogP contribution in [0.15, 0.2) is 10.6 Å². The summed E-state index contributed by atoms with van der Waals surface area (Å²) in [5, 5.41) is 6.38. The number of aryl methyl sites for hydroxylation is 1. The van der Waals surface area contributed by atoms with Crippen LogP contribution in [0.1, 0.15) is 12.2 Å². The van der Waals surface area contributed by atoms with Crippen LogP contribution in [0.4, 0.5) is 19.0 Å². The third kappa shape index (κ3) is 7.84. The average Bonchev–Trinajstić information content (AvgIpc) is 2.92. The van der Waals surface area contributed by atoms with Gasteiger partial charge in [0.05, 0.1) is 6.54 Å². The molecular formula is C15H23F3N4O3. The molecule has 1 N–H and O–H groups in total. The number of halogens is 3. The van der Waals surface area contributed by atoms with Gasteiger partial charge in [0.2, 0.25) is 5.91 Å². The Labute approximate surface area is 144 Å². The SMILES string of the molecule is Cc1cc(NC(=O)CN2CCN(CCCOCC(F)(F)F)CC2)no1. The molecule has 7 nitrogen and oxygen atoms in total. The van der Waals surface area contributed by atoms with Crippen molar-refractivity contribution >= 4 is 11.7 Å². The van der Waals surface area contributed by atoms with E-state index in [1.807, 2.05) is 4.90 Å². The van der Waals surface area contributed by atoms with Gasteiger partial charge in [-0.05, 0) is 13.3 Å². The number of hydrogen-bond donors (Lipinski definition) is 1. The molecule has 10 heteroatoms. The second-order valence-electron chi connectivity index (χ2n) is 6.01. The standard InChI is InChI=1S/C15H23F3N4O3/c1-12-9-13(20-25-12)19-14(23)10-22-6-4-21(5-7-22)3-2-8-24-11-15(16,17)18/h9H,2-8,10-11H2,1H3,(H,19,20,23). The number of ether oxygens (including phenoxy) is 1. The quantitative estimate of drug-likeness (QED) is 0.705. The van der Waals surface area contributed by atoms with Gasteiger partial charge in [0.15, 0.2) is 5.82 Å². The number of nitrogens with one attached hydrogen (secondary N) is 1. The molecule has 1 aliphatic rings. The average molecular weight is 364 g/mol. The minimum atomic E-state index is -4.27. The van der Waals surface area contributed by atoms with Gasteiger partial charge in [0, 0.05) is 45.4 Å². The smallest absolute Gasteiger partial charge is 0.372 e. The summed E-state index contributed by atoms with van der Waals surface area (Å²) in [6.07, 6.45) is -3.71. The van der Waals surface area contributed by atoms with Gasteiger partial charge in [-0.2, -0.15) is 13.2 Å². The number of alkyl halides is 3. The molecule has 0 bridgehead atoms. The van der Waals surface area contributed by atoms with Gasteiger partial charge in [0.1, 0.15) is 12.4 Å². The molecule has 0 spiro atoms. The van der Waals surface area contributed by atoms with E-state index in [0.717, 1.165) is 26.2 Å². The van der Waals surface area contributed by atoms with Crippen molar-refractivity contribution in [2.24, 2.45) is 0 Å². The van der Waals surface area contributed by atoms with Crippen LogP contribution in [0.3, 0.4) is 0 Å². The van der Waals surface area contributed by atoms with E-state index < -0.39 is 12.8 Å². The van der Waals surface area contributed by atoms with Gasteiger partial charge in [-0.15, -0.1) is 0 Å². The fourth-order valence-corrected chi connectivity index (χ4v) is 2.56. The van der Waals surface area contributed by atoms with Crippen molar-refractivity contribution in [1.82, 2.24) is 15.0 Å². The number of aromatic nitrogens is 1. The lowest BCUT2D eigenvalue weighted by molar-refractivity contribution is -0.174. The highest BCUT2D eigenvalue weighted by Gasteiger charge is 2.27. The van der Waals surface area contributed by atoms with Crippen LogP contribution in [-0.4, -0.2) is 79.5 Å². The molecule has 1 amide bonds. The van der Waals surface area contributed by atoms with E-state index in [2.05, 4.69) is 20.1 Å². The molecule has 0 radical (unpaired) electrons. The summed E-state index contributed by atoms with van der Waals surface area (Å²) < 4.78 is 45.3. The molecule has 142 valence electrons. The first kappa shape index (κ1) is 19.7. The molecule has 0 saturated carbocycles. The van der Waals surface area contributed by atoms with Gasteiger partial charge in [-0.1, -0.05) is 5.16 Å². The Hall–Kier alpha value is -1.65. The normalized spacial score (nSPS) is 17.0. The third-order valence-corrected chi connectivity index (χ3v) is 3.76. The highest BCUT2D eigenvalue weighted by molar-refractivity contribution is 5.91. The minimum absolute atomic E-state index is 0.0965. The lowest BCUT2D eigenvalue weighted by atomic mass is 10.3. The first-order valence-electron chi connectivity index (χ1n) is 8.14. The Balaban J connectivity index is 1.56. The molecule has 1 aromatic rings. The molecule has 0 aromatic carbocycles. The van der Waals surface area contributed by atoms with Gasteiger partial charge >= 0.3 is 6.18 Å². The van der Waals surface area contributed by atoms with Crippen LogP contribution in [-0.2, 0) is 9.53 Å². The number of piperazine rings is 1. The van der Waals surface area contributed by atoms with Crippen LogP contribution >= 0.6 is 0 Å². The van der Waals surface area contributed by atoms with E-state index in [1.54, 1.807) is 13.0 Å². The van der Waals surface area contributed by atoms with E-state index in [0.29, 0.717) is 24.5 Å². The molecule has 1 fully saturated rings. The van der Waals surface area contributed by atoms with E-state index >= 15 is 0 Å². The number of hydrogen-bond acceptors (Lipinski definition) is 6. The van der Waals surface area contributed by atoms with Crippen molar-refractivity contribution in [3.05, 3.63) is 11.8 Å². The fourth-order valence-electron chi connectivity index (χ4n) is 2.56. The Bertz CT molecular complexity index is 542. The zero-order chi connectivity index (χ0) is 18.3. The zero-order valence-corrected chi connectivity index (χ0v) is 14.1. The van der Waals surface area contributed by atoms with Gasteiger partial charge < -0.3 is 19.5 Å². The number of nitrogens with zero attached hydrogens (tertiary/aromatic N) is 3. The Morgan fingerprint density at radius 2 is 2.00 bits per heavy atom. The van der Waals surface area contributed by atoms with E-state index in [4.69, 9.17) is 4.52 Å². The summed E-state index contributed by atoms with van der Waals surface area (Å²) in [5.74, 6) is 0.880. The molecule has 1 saturated heterocycles. The lowest BCUT2D eigenvalue weighted by Crippen LogP contribution is -2.48. The second-order valence-corrected chi connectivity index (χ2v) is 6.01. The van der Waals surface area contributed by atoms with E-state index in [9.17, 15) is 18.0 Å². The van der Waals surface area contributed by atoms with Crippen LogP contribution in [0.25, 0.3) is 0 Å². The third-order valence-electron chi connectivity index (χ3n) is 3.76. The van der Waals surface area contributed by atoms with Crippen LogP contribution in [0.2, 0.25) is 0 Å². The van der Waals surface area contributed by atoms with Crippen molar-refractivity contribution in [1.29, 1.82) is 0 Å². The van der Waals surface area contributed by atoms with Crippen molar-refractivity contribution < 1.29 is 27.2 Å². The maximum atomic E-state index is 11.9. The molecule has 2 rings (SSSR count). The molecule has 0 aliphatic carbocycles. The fraction of sp³-hybridized carbons (Fsp3) is 0.733. The molecule has 1 aromatic heterocycles. The summed E-state index contributed by atoms with van der Waals surface area (Å²) in [7, 11) is 0. The summed E-state index contributed by atoms with van der Waals surface area (Å²) in [5.41, 5.74) is 0. The van der Waals surface area contributed by atoms with E-state index in [-0.39, 0.29) is 19.1 Å². The molecular weight excluding hydrogens is 341 g/mol. The predicted molar refractivity (Wildman–Crippen MR) is 84.2 cm³/mol. The van der Waals surface area contributed by atoms with Gasteiger partial charge in [0.25, 0.3) is 0 Å². The Morgan fingerprint density at radius 1 is 1.32 bits per heavy atom. The topological polar surface area (TPSA) is 70.8 Å². The second kappa shape index (κ2) is 9.16. The van der Waals surface area contributed by atoms with Crippen molar-refractivity contribution in [3.63, 3.8) is 0 Å². The minimum Gasteiger partial charge on any atom is -0.372 e. The molecule has 0 unspecified atom stereocenters. The summed E-state index contributed by atoms with van der Waals surface area (Å²) in [6.45, 7) is 4.62. The molecule has 2 heterocycles. The van der Waals surface area contributed by atoms with Crippen LogP contribution in [0.5, 0.6) is 0 Å². The monoisotopic (exact) mass is 364 g/mol. The molecule has 1 aliphatic heterocycles. The van der Waals surface area contributed by atoms with Crippen molar-refractivity contribution in [3.8, 4) is 0 Å². The van der Waals surface area contributed by atoms with Crippen molar-refractivity contribution in [2.75, 3.05) is 57.8 Å². The predicted octanol–water partition coefficient (Wildman–Crippen LogP) is 1.51. The number of carbonyl (C=O) groups is 1. The summed E-state index contributed by atoms with van der Waals surface area (Å²) in [6, 6.07) is 1.65. The number of rotatable bonds is 8. The maximum Gasteiger partial charge on any atom is 0.411 e. The number of anilines is 1. The largest absolute Gasteiger partial charge is 0.411 e. The molecule has 0 atom stereocenters. The first-order chi connectivity index (χ1) is 11.8. The highest BCUT2D eigenvalue weighted by Crippen LogP contribution is 2.14. The number of carbonyl (C=O) groups excluding carboxylic acids is 1. The van der Waals surface area contributed by atoms with Crippen molar-refractivity contribution in [2.45, 2.75) is 19.5 Å².